The molecule has 0 bridgehead atoms. The second kappa shape index (κ2) is 9.05. The van der Waals surface area contributed by atoms with E-state index >= 15 is 0 Å². The zero-order valence-electron chi connectivity index (χ0n) is 17.3. The first kappa shape index (κ1) is 22.5. The topological polar surface area (TPSA) is 79.4 Å². The molecule has 4 rings (SSSR count). The Balaban J connectivity index is 1.48. The van der Waals surface area contributed by atoms with Crippen LogP contribution in [0.3, 0.4) is 0 Å². The molecule has 1 N–H and O–H groups in total. The highest BCUT2D eigenvalue weighted by Crippen LogP contribution is 2.25. The maximum absolute atomic E-state index is 13.4. The third-order valence-electron chi connectivity index (χ3n) is 5.53. The number of benzene rings is 1. The number of aromatic nitrogens is 1. The summed E-state index contributed by atoms with van der Waals surface area (Å²) in [4.78, 5) is 19.0. The molecule has 0 fully saturated rings. The predicted octanol–water partition coefficient (Wildman–Crippen LogP) is 3.34. The fourth-order valence-corrected chi connectivity index (χ4v) is 5.78. The molecule has 1 aliphatic rings. The molecular weight excluding hydrogens is 456 g/mol. The van der Waals surface area contributed by atoms with Crippen LogP contribution >= 0.6 is 11.3 Å². The number of thiophene rings is 1. The van der Waals surface area contributed by atoms with Crippen molar-refractivity contribution in [3.63, 3.8) is 0 Å². The van der Waals surface area contributed by atoms with E-state index in [9.17, 15) is 22.0 Å². The molecular formula is C22H21F2N3O3S2. The van der Waals surface area contributed by atoms with Gasteiger partial charge in [0.05, 0.1) is 11.3 Å². The molecule has 2 aromatic heterocycles. The van der Waals surface area contributed by atoms with Crippen LogP contribution in [0.1, 0.15) is 27.9 Å². The second-order valence-corrected chi connectivity index (χ2v) is 10.1. The molecule has 1 amide bonds. The first-order valence-electron chi connectivity index (χ1n) is 9.94. The van der Waals surface area contributed by atoms with E-state index in [1.807, 2.05) is 6.92 Å². The van der Waals surface area contributed by atoms with Gasteiger partial charge in [0.2, 0.25) is 15.9 Å². The van der Waals surface area contributed by atoms with Crippen molar-refractivity contribution in [2.24, 2.45) is 0 Å². The zero-order chi connectivity index (χ0) is 22.9. The van der Waals surface area contributed by atoms with Crippen molar-refractivity contribution in [1.82, 2.24) is 14.6 Å². The number of amides is 1. The van der Waals surface area contributed by atoms with Crippen molar-refractivity contribution in [3.8, 4) is 0 Å². The monoisotopic (exact) mass is 477 g/mol. The lowest BCUT2D eigenvalue weighted by Crippen LogP contribution is -2.38. The van der Waals surface area contributed by atoms with Gasteiger partial charge in [-0.05, 0) is 59.2 Å². The van der Waals surface area contributed by atoms with Gasteiger partial charge in [0.25, 0.3) is 0 Å². The number of nitrogens with one attached hydrogen (secondary N) is 1. The quantitative estimate of drug-likeness (QED) is 0.591. The number of rotatable bonds is 6. The van der Waals surface area contributed by atoms with Crippen LogP contribution in [0.4, 0.5) is 8.78 Å². The molecule has 0 aliphatic carbocycles. The zero-order valence-corrected chi connectivity index (χ0v) is 18.9. The average Bonchev–Trinajstić information content (AvgIpc) is 3.31. The SMILES string of the molecule is Cc1ncc2c(c1CNS(=O)(=O)c1ccsc1)CCN(C(=O)Cc1ccc(F)c(F)c1)C2. The molecule has 0 unspecified atom stereocenters. The number of hydrogen-bond acceptors (Lipinski definition) is 5. The number of fused-ring (bicyclic) bond motifs is 1. The summed E-state index contributed by atoms with van der Waals surface area (Å²) in [5.41, 5.74) is 3.80. The minimum Gasteiger partial charge on any atom is -0.338 e. The van der Waals surface area contributed by atoms with Crippen molar-refractivity contribution >= 4 is 27.3 Å². The Labute approximate surface area is 189 Å². The van der Waals surface area contributed by atoms with Crippen molar-refractivity contribution < 1.29 is 22.0 Å². The maximum atomic E-state index is 13.4. The molecule has 6 nitrogen and oxygen atoms in total. The van der Waals surface area contributed by atoms with Crippen molar-refractivity contribution in [1.29, 1.82) is 0 Å². The van der Waals surface area contributed by atoms with E-state index in [4.69, 9.17) is 0 Å². The maximum Gasteiger partial charge on any atom is 0.241 e. The van der Waals surface area contributed by atoms with Gasteiger partial charge in [-0.25, -0.2) is 21.9 Å². The summed E-state index contributed by atoms with van der Waals surface area (Å²) in [5, 5.41) is 3.28. The number of halogens is 2. The molecule has 0 saturated carbocycles. The third kappa shape index (κ3) is 4.72. The highest BCUT2D eigenvalue weighted by Gasteiger charge is 2.25. The second-order valence-electron chi connectivity index (χ2n) is 7.60. The van der Waals surface area contributed by atoms with Crippen LogP contribution in [0, 0.1) is 18.6 Å². The molecule has 32 heavy (non-hydrogen) atoms. The van der Waals surface area contributed by atoms with Crippen LogP contribution in [-0.2, 0) is 40.7 Å². The van der Waals surface area contributed by atoms with Crippen LogP contribution < -0.4 is 4.72 Å². The Morgan fingerprint density at radius 1 is 1.25 bits per heavy atom. The minimum absolute atomic E-state index is 0.0287. The van der Waals surface area contributed by atoms with Crippen LogP contribution in [0.15, 0.2) is 46.1 Å². The number of sulfonamides is 1. The van der Waals surface area contributed by atoms with Crippen molar-refractivity contribution in [3.05, 3.63) is 80.8 Å². The van der Waals surface area contributed by atoms with Gasteiger partial charge in [0, 0.05) is 36.9 Å². The number of pyridine rings is 1. The van der Waals surface area contributed by atoms with Crippen LogP contribution in [0.2, 0.25) is 0 Å². The third-order valence-corrected chi connectivity index (χ3v) is 7.76. The average molecular weight is 478 g/mol. The van der Waals surface area contributed by atoms with Gasteiger partial charge in [-0.2, -0.15) is 11.3 Å². The Kier molecular flexibility index (Phi) is 6.36. The summed E-state index contributed by atoms with van der Waals surface area (Å²) in [5.74, 6) is -2.12. The van der Waals surface area contributed by atoms with E-state index in [-0.39, 0.29) is 23.8 Å². The van der Waals surface area contributed by atoms with Gasteiger partial charge in [0.15, 0.2) is 11.6 Å². The fourth-order valence-electron chi connectivity index (χ4n) is 3.76. The summed E-state index contributed by atoms with van der Waals surface area (Å²) in [6.45, 7) is 2.72. The van der Waals surface area contributed by atoms with Gasteiger partial charge >= 0.3 is 0 Å². The molecule has 1 aliphatic heterocycles. The smallest absolute Gasteiger partial charge is 0.241 e. The minimum atomic E-state index is -3.61. The van der Waals surface area contributed by atoms with Crippen molar-refractivity contribution in [2.45, 2.75) is 37.8 Å². The number of carbonyl (C=O) groups is 1. The first-order chi connectivity index (χ1) is 15.2. The molecule has 0 spiro atoms. The first-order valence-corrected chi connectivity index (χ1v) is 12.4. The predicted molar refractivity (Wildman–Crippen MR) is 117 cm³/mol. The lowest BCUT2D eigenvalue weighted by Gasteiger charge is -2.30. The molecule has 3 aromatic rings. The summed E-state index contributed by atoms with van der Waals surface area (Å²) < 4.78 is 54.2. The van der Waals surface area contributed by atoms with Crippen LogP contribution in [0.25, 0.3) is 0 Å². The summed E-state index contributed by atoms with van der Waals surface area (Å²) >= 11 is 1.31. The van der Waals surface area contributed by atoms with Gasteiger partial charge in [-0.3, -0.25) is 9.78 Å². The standard InChI is InChI=1S/C22H21F2N3O3S2/c1-14-19(11-26-32(29,30)17-5-7-31-13-17)18-4-6-27(12-16(18)10-25-14)22(28)9-15-2-3-20(23)21(24)8-15/h2-3,5,7-8,10,13,26H,4,6,9,11-12H2,1H3. The van der Waals surface area contributed by atoms with Gasteiger partial charge in [0.1, 0.15) is 0 Å². The van der Waals surface area contributed by atoms with Gasteiger partial charge < -0.3 is 4.90 Å². The molecule has 10 heteroatoms. The van der Waals surface area contributed by atoms with Crippen molar-refractivity contribution in [2.75, 3.05) is 6.54 Å². The van der Waals surface area contributed by atoms with E-state index in [1.165, 1.54) is 17.4 Å². The number of carbonyl (C=O) groups excluding carboxylic acids is 1. The van der Waals surface area contributed by atoms with E-state index in [2.05, 4.69) is 9.71 Å². The van der Waals surface area contributed by atoms with E-state index in [0.717, 1.165) is 34.5 Å². The molecule has 1 aromatic carbocycles. The Bertz CT molecular complexity index is 1260. The fraction of sp³-hybridized carbons (Fsp3) is 0.273. The van der Waals surface area contributed by atoms with Gasteiger partial charge in [-0.1, -0.05) is 6.07 Å². The lowest BCUT2D eigenvalue weighted by molar-refractivity contribution is -0.131. The normalized spacial score (nSPS) is 13.8. The number of aryl methyl sites for hydroxylation is 1. The van der Waals surface area contributed by atoms with Gasteiger partial charge in [-0.15, -0.1) is 0 Å². The lowest BCUT2D eigenvalue weighted by atomic mass is 9.94. The molecule has 0 saturated heterocycles. The largest absolute Gasteiger partial charge is 0.338 e. The van der Waals surface area contributed by atoms with Crippen LogP contribution in [0.5, 0.6) is 0 Å². The Morgan fingerprint density at radius 2 is 2.06 bits per heavy atom. The molecule has 0 radical (unpaired) electrons. The van der Waals surface area contributed by atoms with E-state index < -0.39 is 21.7 Å². The molecule has 168 valence electrons. The Morgan fingerprint density at radius 3 is 2.78 bits per heavy atom. The summed E-state index contributed by atoms with van der Waals surface area (Å²) in [6.07, 6.45) is 2.23. The van der Waals surface area contributed by atoms with Crippen LogP contribution in [-0.4, -0.2) is 30.8 Å². The molecule has 3 heterocycles. The van der Waals surface area contributed by atoms with E-state index in [0.29, 0.717) is 25.1 Å². The molecule has 0 atom stereocenters. The number of nitrogens with zero attached hydrogens (tertiary/aromatic N) is 2. The van der Waals surface area contributed by atoms with E-state index in [1.54, 1.807) is 27.9 Å². The summed E-state index contributed by atoms with van der Waals surface area (Å²) in [6, 6.07) is 5.00. The highest BCUT2D eigenvalue weighted by molar-refractivity contribution is 7.89. The summed E-state index contributed by atoms with van der Waals surface area (Å²) in [7, 11) is -3.61. The Hall–Kier alpha value is -2.69. The highest BCUT2D eigenvalue weighted by atomic mass is 32.2. The number of hydrogen-bond donors (Lipinski definition) is 1.